The van der Waals surface area contributed by atoms with E-state index < -0.39 is 18.2 Å². The molecule has 3 aromatic rings. The molecular weight excluding hydrogens is 507 g/mol. The number of unbranched alkanes of at least 4 members (excludes halogenated alkanes) is 1. The van der Waals surface area contributed by atoms with Gasteiger partial charge in [0.25, 0.3) is 0 Å². The summed E-state index contributed by atoms with van der Waals surface area (Å²) in [6, 6.07) is 19.6. The van der Waals surface area contributed by atoms with Crippen LogP contribution in [0.15, 0.2) is 66.9 Å². The number of halogens is 3. The van der Waals surface area contributed by atoms with Gasteiger partial charge in [0.05, 0.1) is 18.5 Å². The first kappa shape index (κ1) is 30.2. The Morgan fingerprint density at radius 2 is 1.74 bits per heavy atom. The minimum atomic E-state index is -4.43. The van der Waals surface area contributed by atoms with Crippen molar-refractivity contribution in [2.45, 2.75) is 70.6 Å². The normalized spacial score (nSPS) is 13.2. The number of aliphatic carboxylic acids is 1. The third-order valence-corrected chi connectivity index (χ3v) is 6.62. The molecule has 0 amide bonds. The first-order valence-corrected chi connectivity index (χ1v) is 13.4. The van der Waals surface area contributed by atoms with E-state index in [4.69, 9.17) is 14.6 Å². The molecule has 0 radical (unpaired) electrons. The van der Waals surface area contributed by atoms with E-state index in [1.165, 1.54) is 0 Å². The Hall–Kier alpha value is -3.39. The second-order valence-electron chi connectivity index (χ2n) is 9.58. The van der Waals surface area contributed by atoms with Crippen LogP contribution in [0.1, 0.15) is 63.9 Å². The predicted molar refractivity (Wildman–Crippen MR) is 146 cm³/mol. The molecule has 0 aliphatic heterocycles. The highest BCUT2D eigenvalue weighted by Crippen LogP contribution is 2.36. The summed E-state index contributed by atoms with van der Waals surface area (Å²) in [4.78, 5) is 15.8. The molecule has 0 saturated heterocycles. The lowest BCUT2D eigenvalue weighted by Gasteiger charge is -2.22. The number of ether oxygens (including phenoxy) is 2. The van der Waals surface area contributed by atoms with Crippen LogP contribution in [0.2, 0.25) is 0 Å². The molecule has 2 aromatic carbocycles. The third kappa shape index (κ3) is 9.39. The van der Waals surface area contributed by atoms with Crippen LogP contribution in [0.3, 0.4) is 0 Å². The van der Waals surface area contributed by atoms with E-state index in [0.717, 1.165) is 47.7 Å². The lowest BCUT2D eigenvalue weighted by Crippen LogP contribution is -2.29. The van der Waals surface area contributed by atoms with Gasteiger partial charge in [0.2, 0.25) is 0 Å². The maximum Gasteiger partial charge on any atom is 0.414 e. The van der Waals surface area contributed by atoms with Crippen molar-refractivity contribution in [1.29, 1.82) is 0 Å². The molecule has 210 valence electrons. The van der Waals surface area contributed by atoms with Crippen molar-refractivity contribution in [3.8, 4) is 28.1 Å². The van der Waals surface area contributed by atoms with Crippen molar-refractivity contribution in [2.24, 2.45) is 0 Å². The lowest BCUT2D eigenvalue weighted by molar-refractivity contribution is -0.214. The zero-order valence-corrected chi connectivity index (χ0v) is 22.4. The highest BCUT2D eigenvalue weighted by molar-refractivity contribution is 5.82. The summed E-state index contributed by atoms with van der Waals surface area (Å²) in [6.45, 7) is 3.62. The summed E-state index contributed by atoms with van der Waals surface area (Å²) >= 11 is 0. The number of pyridine rings is 1. The zero-order chi connectivity index (χ0) is 28.3. The third-order valence-electron chi connectivity index (χ3n) is 6.62. The van der Waals surface area contributed by atoms with Gasteiger partial charge in [0.1, 0.15) is 5.75 Å². The largest absolute Gasteiger partial charge is 0.492 e. The topological polar surface area (TPSA) is 68.7 Å². The highest BCUT2D eigenvalue weighted by Gasteiger charge is 2.36. The Morgan fingerprint density at radius 3 is 2.38 bits per heavy atom. The summed E-state index contributed by atoms with van der Waals surface area (Å²) in [7, 11) is 0. The molecule has 5 nitrogen and oxygen atoms in total. The number of alkyl halides is 3. The van der Waals surface area contributed by atoms with E-state index in [0.29, 0.717) is 31.6 Å². The maximum absolute atomic E-state index is 12.9. The zero-order valence-electron chi connectivity index (χ0n) is 22.4. The number of hydrogen-bond acceptors (Lipinski definition) is 4. The van der Waals surface area contributed by atoms with Gasteiger partial charge >= 0.3 is 12.1 Å². The fraction of sp³-hybridized carbons (Fsp3) is 0.419. The van der Waals surface area contributed by atoms with E-state index in [2.05, 4.69) is 11.9 Å². The molecule has 3 rings (SSSR count). The van der Waals surface area contributed by atoms with E-state index in [-0.39, 0.29) is 18.9 Å². The molecule has 1 N–H and O–H groups in total. The first-order chi connectivity index (χ1) is 18.7. The fourth-order valence-electron chi connectivity index (χ4n) is 4.32. The quantitative estimate of drug-likeness (QED) is 0.195. The average Bonchev–Trinajstić information content (AvgIpc) is 2.92. The molecule has 0 saturated carbocycles. The molecule has 0 spiro atoms. The minimum absolute atomic E-state index is 0.00762. The maximum atomic E-state index is 12.9. The van der Waals surface area contributed by atoms with E-state index in [9.17, 15) is 18.0 Å². The molecule has 2 atom stereocenters. The number of carbonyl (C=O) groups is 1. The second kappa shape index (κ2) is 14.7. The van der Waals surface area contributed by atoms with Crippen molar-refractivity contribution >= 4 is 5.97 Å². The van der Waals surface area contributed by atoms with Crippen LogP contribution in [0.5, 0.6) is 5.75 Å². The summed E-state index contributed by atoms with van der Waals surface area (Å²) in [5.41, 5.74) is 4.51. The standard InChI is InChI=1S/C31H36F3NO4/c1-3-4-18-39-26-14-16-29(35-21-26)28-20-25(13-15-27(28)24-9-6-5-7-10-24)23(11-8-12-30(36)37)17-19-38-22(2)31(32,33)34/h5-7,9-10,13-16,20-23H,3-4,8,11-12,17-19H2,1-2H3,(H,36,37). The van der Waals surface area contributed by atoms with Gasteiger partial charge in [0.15, 0.2) is 6.10 Å². The number of aromatic nitrogens is 1. The predicted octanol–water partition coefficient (Wildman–Crippen LogP) is 8.29. The van der Waals surface area contributed by atoms with E-state index in [1.807, 2.05) is 60.7 Å². The second-order valence-corrected chi connectivity index (χ2v) is 9.58. The van der Waals surface area contributed by atoms with Gasteiger partial charge in [-0.15, -0.1) is 0 Å². The van der Waals surface area contributed by atoms with Crippen molar-refractivity contribution in [3.63, 3.8) is 0 Å². The highest BCUT2D eigenvalue weighted by atomic mass is 19.4. The van der Waals surface area contributed by atoms with Crippen molar-refractivity contribution in [2.75, 3.05) is 13.2 Å². The van der Waals surface area contributed by atoms with Gasteiger partial charge in [-0.25, -0.2) is 0 Å². The van der Waals surface area contributed by atoms with Crippen LogP contribution in [-0.4, -0.2) is 41.6 Å². The molecule has 0 aliphatic rings. The van der Waals surface area contributed by atoms with Crippen molar-refractivity contribution < 1.29 is 32.5 Å². The van der Waals surface area contributed by atoms with Crippen LogP contribution >= 0.6 is 0 Å². The summed E-state index contributed by atoms with van der Waals surface area (Å²) in [5.74, 6) is -0.390. The van der Waals surface area contributed by atoms with Crippen LogP contribution in [0.25, 0.3) is 22.4 Å². The van der Waals surface area contributed by atoms with Crippen LogP contribution < -0.4 is 4.74 Å². The number of carboxylic acid groups (broad SMARTS) is 1. The molecule has 1 aromatic heterocycles. The van der Waals surface area contributed by atoms with Crippen molar-refractivity contribution in [1.82, 2.24) is 4.98 Å². The SMILES string of the molecule is CCCCOc1ccc(-c2cc(C(CCCC(=O)O)CCOC(C)C(F)(F)F)ccc2-c2ccccc2)nc1. The Kier molecular flexibility index (Phi) is 11.3. The van der Waals surface area contributed by atoms with Gasteiger partial charge in [-0.2, -0.15) is 13.2 Å². The molecule has 1 heterocycles. The molecule has 0 bridgehead atoms. The van der Waals surface area contributed by atoms with Gasteiger partial charge in [-0.3, -0.25) is 9.78 Å². The number of carboxylic acids is 1. The lowest BCUT2D eigenvalue weighted by atomic mass is 9.86. The molecular formula is C31H36F3NO4. The van der Waals surface area contributed by atoms with Gasteiger partial charge in [-0.05, 0) is 73.4 Å². The molecule has 2 unspecified atom stereocenters. The fourth-order valence-corrected chi connectivity index (χ4v) is 4.32. The van der Waals surface area contributed by atoms with Crippen LogP contribution in [-0.2, 0) is 9.53 Å². The average molecular weight is 544 g/mol. The Balaban J connectivity index is 1.92. The summed E-state index contributed by atoms with van der Waals surface area (Å²) in [6.07, 6.45) is -1.36. The van der Waals surface area contributed by atoms with E-state index >= 15 is 0 Å². The van der Waals surface area contributed by atoms with E-state index in [1.54, 1.807) is 6.20 Å². The monoisotopic (exact) mass is 543 g/mol. The first-order valence-electron chi connectivity index (χ1n) is 13.4. The number of nitrogens with zero attached hydrogens (tertiary/aromatic N) is 1. The Labute approximate surface area is 228 Å². The number of benzene rings is 2. The molecule has 8 heteroatoms. The van der Waals surface area contributed by atoms with Gasteiger partial charge < -0.3 is 14.6 Å². The summed E-state index contributed by atoms with van der Waals surface area (Å²) < 4.78 is 49.7. The number of hydrogen-bond donors (Lipinski definition) is 1. The molecule has 0 aliphatic carbocycles. The number of rotatable bonds is 15. The summed E-state index contributed by atoms with van der Waals surface area (Å²) in [5, 5.41) is 9.11. The van der Waals surface area contributed by atoms with Gasteiger partial charge in [0, 0.05) is 18.6 Å². The van der Waals surface area contributed by atoms with Crippen LogP contribution in [0, 0.1) is 0 Å². The minimum Gasteiger partial charge on any atom is -0.492 e. The Bertz CT molecular complexity index is 1170. The Morgan fingerprint density at radius 1 is 0.974 bits per heavy atom. The van der Waals surface area contributed by atoms with Crippen LogP contribution in [0.4, 0.5) is 13.2 Å². The molecule has 0 fully saturated rings. The smallest absolute Gasteiger partial charge is 0.414 e. The van der Waals surface area contributed by atoms with Crippen molar-refractivity contribution in [3.05, 3.63) is 72.4 Å². The van der Waals surface area contributed by atoms with Gasteiger partial charge in [-0.1, -0.05) is 55.8 Å². The molecule has 39 heavy (non-hydrogen) atoms.